The number of fused-ring (bicyclic) bond motifs is 2. The Bertz CT molecular complexity index is 1300. The van der Waals surface area contributed by atoms with Crippen LogP contribution in [0.25, 0.3) is 20.3 Å². The number of halogens is 1. The number of non-ortho nitro benzene ring substituents is 1. The van der Waals surface area contributed by atoms with Crippen LogP contribution in [-0.4, -0.2) is 46.9 Å². The highest BCUT2D eigenvalue weighted by Gasteiger charge is 2.24. The third-order valence-corrected chi connectivity index (χ3v) is 7.69. The van der Waals surface area contributed by atoms with Crippen molar-refractivity contribution in [1.82, 2.24) is 9.88 Å². The highest BCUT2D eigenvalue weighted by molar-refractivity contribution is 7.23. The number of carbonyl (C=O) groups is 1. The normalized spacial score (nSPS) is 11.2. The molecule has 2 aromatic heterocycles. The lowest BCUT2D eigenvalue weighted by Crippen LogP contribution is -2.38. The van der Waals surface area contributed by atoms with E-state index >= 15 is 0 Å². The molecule has 174 valence electrons. The van der Waals surface area contributed by atoms with Crippen LogP contribution in [0.1, 0.15) is 29.1 Å². The third-order valence-electron chi connectivity index (χ3n) is 5.54. The fourth-order valence-corrected chi connectivity index (χ4v) is 5.70. The van der Waals surface area contributed by atoms with Crippen LogP contribution >= 0.6 is 35.1 Å². The minimum Gasteiger partial charge on any atom is -0.302 e. The van der Waals surface area contributed by atoms with Crippen molar-refractivity contribution in [2.75, 3.05) is 31.1 Å². The average Bonchev–Trinajstić information content (AvgIpc) is 3.41. The summed E-state index contributed by atoms with van der Waals surface area (Å²) in [5.41, 5.74) is 2.02. The van der Waals surface area contributed by atoms with Gasteiger partial charge in [-0.15, -0.1) is 23.7 Å². The number of aromatic nitrogens is 1. The lowest BCUT2D eigenvalue weighted by Gasteiger charge is -2.24. The lowest BCUT2D eigenvalue weighted by molar-refractivity contribution is -0.384. The Hall–Kier alpha value is -2.59. The quantitative estimate of drug-likeness (QED) is 0.213. The predicted octanol–water partition coefficient (Wildman–Crippen LogP) is 6.14. The Kier molecular flexibility index (Phi) is 8.01. The summed E-state index contributed by atoms with van der Waals surface area (Å²) >= 11 is 2.87. The van der Waals surface area contributed by atoms with Gasteiger partial charge in [0.25, 0.3) is 11.6 Å². The summed E-state index contributed by atoms with van der Waals surface area (Å²) in [6.07, 6.45) is 0. The van der Waals surface area contributed by atoms with E-state index in [9.17, 15) is 14.9 Å². The van der Waals surface area contributed by atoms with E-state index in [0.717, 1.165) is 40.1 Å². The Morgan fingerprint density at radius 1 is 1.06 bits per heavy atom. The molecule has 0 saturated heterocycles. The smallest absolute Gasteiger partial charge is 0.270 e. The second kappa shape index (κ2) is 10.6. The van der Waals surface area contributed by atoms with Gasteiger partial charge in [-0.05, 0) is 43.8 Å². The number of anilines is 1. The zero-order valence-corrected chi connectivity index (χ0v) is 21.1. The number of thiophene rings is 1. The van der Waals surface area contributed by atoms with Crippen molar-refractivity contribution >= 4 is 72.1 Å². The molecule has 2 aromatic carbocycles. The summed E-state index contributed by atoms with van der Waals surface area (Å²) in [6.45, 7) is 9.31. The second-order valence-electron chi connectivity index (χ2n) is 7.49. The fraction of sp³-hybridized carbons (Fsp3) is 0.304. The van der Waals surface area contributed by atoms with Crippen LogP contribution in [0, 0.1) is 17.0 Å². The van der Waals surface area contributed by atoms with Gasteiger partial charge in [-0.1, -0.05) is 37.3 Å². The third kappa shape index (κ3) is 5.16. The van der Waals surface area contributed by atoms with Crippen molar-refractivity contribution in [3.63, 3.8) is 0 Å². The van der Waals surface area contributed by atoms with Gasteiger partial charge in [0, 0.05) is 35.3 Å². The first-order valence-electron chi connectivity index (χ1n) is 10.5. The molecular formula is C23H25ClN4O3S2. The molecule has 4 rings (SSSR count). The standard InChI is InChI=1S/C23H24N4O3S2.ClH/c1-4-25(5-2)11-12-26(23-24-21-15(3)7-6-8-19(21)32-23)22(28)20-14-16-13-17(27(29)30)9-10-18(16)31-20;/h6-10,13-14H,4-5,11-12H2,1-3H3;1H. The SMILES string of the molecule is CCN(CC)CCN(C(=O)c1cc2cc([N+](=O)[O-])ccc2s1)c1nc2c(C)cccc2s1.Cl. The number of aryl methyl sites for hydroxylation is 1. The maximum atomic E-state index is 13.6. The monoisotopic (exact) mass is 504 g/mol. The van der Waals surface area contributed by atoms with Crippen LogP contribution < -0.4 is 4.90 Å². The highest BCUT2D eigenvalue weighted by Crippen LogP contribution is 2.34. The van der Waals surface area contributed by atoms with Gasteiger partial charge >= 0.3 is 0 Å². The van der Waals surface area contributed by atoms with Gasteiger partial charge in [0.2, 0.25) is 0 Å². The van der Waals surface area contributed by atoms with Crippen LogP contribution in [0.3, 0.4) is 0 Å². The molecule has 7 nitrogen and oxygen atoms in total. The van der Waals surface area contributed by atoms with Crippen LogP contribution in [-0.2, 0) is 0 Å². The lowest BCUT2D eigenvalue weighted by atomic mass is 10.2. The maximum Gasteiger partial charge on any atom is 0.270 e. The number of hydrogen-bond donors (Lipinski definition) is 0. The molecular weight excluding hydrogens is 480 g/mol. The number of para-hydroxylation sites is 1. The Morgan fingerprint density at radius 2 is 1.82 bits per heavy atom. The number of carbonyl (C=O) groups excluding carboxylic acids is 1. The van der Waals surface area contributed by atoms with Crippen molar-refractivity contribution in [1.29, 1.82) is 0 Å². The number of hydrogen-bond acceptors (Lipinski definition) is 7. The van der Waals surface area contributed by atoms with Crippen LogP contribution in [0.4, 0.5) is 10.8 Å². The molecule has 10 heteroatoms. The van der Waals surface area contributed by atoms with Crippen molar-refractivity contribution in [2.45, 2.75) is 20.8 Å². The first-order valence-corrected chi connectivity index (χ1v) is 12.1. The largest absolute Gasteiger partial charge is 0.302 e. The van der Waals surface area contributed by atoms with E-state index in [2.05, 4.69) is 18.7 Å². The van der Waals surface area contributed by atoms with Gasteiger partial charge in [-0.25, -0.2) is 4.98 Å². The Labute approximate surface area is 206 Å². The molecule has 0 spiro atoms. The highest BCUT2D eigenvalue weighted by atomic mass is 35.5. The summed E-state index contributed by atoms with van der Waals surface area (Å²) in [7, 11) is 0. The summed E-state index contributed by atoms with van der Waals surface area (Å²) in [5, 5.41) is 12.5. The molecule has 0 fully saturated rings. The topological polar surface area (TPSA) is 79.6 Å². The molecule has 0 unspecified atom stereocenters. The number of nitro groups is 1. The van der Waals surface area contributed by atoms with E-state index in [1.54, 1.807) is 17.0 Å². The number of likely N-dealkylation sites (N-methyl/N-ethyl adjacent to an activating group) is 1. The van der Waals surface area contributed by atoms with Crippen LogP contribution in [0.15, 0.2) is 42.5 Å². The fourth-order valence-electron chi connectivity index (χ4n) is 3.64. The van der Waals surface area contributed by atoms with E-state index in [0.29, 0.717) is 21.9 Å². The van der Waals surface area contributed by atoms with Crippen LogP contribution in [0.5, 0.6) is 0 Å². The van der Waals surface area contributed by atoms with E-state index in [1.165, 1.54) is 34.8 Å². The average molecular weight is 505 g/mol. The van der Waals surface area contributed by atoms with E-state index in [1.807, 2.05) is 25.1 Å². The van der Waals surface area contributed by atoms with Gasteiger partial charge in [-0.2, -0.15) is 0 Å². The van der Waals surface area contributed by atoms with Crippen molar-refractivity contribution < 1.29 is 9.72 Å². The predicted molar refractivity (Wildman–Crippen MR) is 140 cm³/mol. The summed E-state index contributed by atoms with van der Waals surface area (Å²) in [6, 6.07) is 12.5. The molecule has 0 radical (unpaired) electrons. The number of amides is 1. The summed E-state index contributed by atoms with van der Waals surface area (Å²) in [4.78, 5) is 33.7. The second-order valence-corrected chi connectivity index (χ2v) is 9.58. The van der Waals surface area contributed by atoms with E-state index in [-0.39, 0.29) is 24.0 Å². The Morgan fingerprint density at radius 3 is 2.48 bits per heavy atom. The van der Waals surface area contributed by atoms with Crippen LogP contribution in [0.2, 0.25) is 0 Å². The molecule has 2 heterocycles. The molecule has 0 saturated carbocycles. The molecule has 33 heavy (non-hydrogen) atoms. The zero-order chi connectivity index (χ0) is 22.8. The number of nitro benzene ring substituents is 1. The number of nitrogens with zero attached hydrogens (tertiary/aromatic N) is 4. The summed E-state index contributed by atoms with van der Waals surface area (Å²) < 4.78 is 1.90. The molecule has 0 aliphatic rings. The minimum atomic E-state index is -0.418. The maximum absolute atomic E-state index is 13.6. The molecule has 0 aliphatic heterocycles. The molecule has 0 N–H and O–H groups in total. The molecule has 0 aliphatic carbocycles. The van der Waals surface area contributed by atoms with Gasteiger partial charge in [0.1, 0.15) is 0 Å². The molecule has 0 bridgehead atoms. The first kappa shape index (κ1) is 25.0. The van der Waals surface area contributed by atoms with Gasteiger partial charge < -0.3 is 4.90 Å². The van der Waals surface area contributed by atoms with Crippen molar-refractivity contribution in [3.05, 3.63) is 63.0 Å². The van der Waals surface area contributed by atoms with Gasteiger partial charge in [0.05, 0.1) is 20.0 Å². The van der Waals surface area contributed by atoms with Gasteiger partial charge in [-0.3, -0.25) is 19.8 Å². The van der Waals surface area contributed by atoms with E-state index in [4.69, 9.17) is 4.98 Å². The van der Waals surface area contributed by atoms with Gasteiger partial charge in [0.15, 0.2) is 5.13 Å². The number of benzene rings is 2. The first-order chi connectivity index (χ1) is 15.4. The van der Waals surface area contributed by atoms with Crippen molar-refractivity contribution in [3.8, 4) is 0 Å². The number of thiazole rings is 1. The number of rotatable bonds is 8. The zero-order valence-electron chi connectivity index (χ0n) is 18.6. The minimum absolute atomic E-state index is 0. The molecule has 4 aromatic rings. The van der Waals surface area contributed by atoms with E-state index < -0.39 is 4.92 Å². The molecule has 0 atom stereocenters. The molecule has 1 amide bonds. The van der Waals surface area contributed by atoms with Crippen molar-refractivity contribution in [2.24, 2.45) is 0 Å². The summed E-state index contributed by atoms with van der Waals surface area (Å²) in [5.74, 6) is -0.127. The Balaban J connectivity index is 0.00000306.